The average Bonchev–Trinajstić information content (AvgIpc) is 4.10. The number of benzene rings is 8. The third kappa shape index (κ3) is 4.59. The van der Waals surface area contributed by atoms with Gasteiger partial charge in [0.25, 0.3) is 0 Å². The molecular formula is C64H49N. The van der Waals surface area contributed by atoms with E-state index in [1.807, 2.05) is 0 Å². The van der Waals surface area contributed by atoms with Crippen LogP contribution in [0, 0.1) is 23.7 Å². The Kier molecular flexibility index (Phi) is 7.45. The number of nitrogens with zero attached hydrogens (tertiary/aromatic N) is 1. The molecule has 5 atom stereocenters. The van der Waals surface area contributed by atoms with Crippen molar-refractivity contribution in [1.29, 1.82) is 0 Å². The Hall–Kier alpha value is -6.96. The highest BCUT2D eigenvalue weighted by Gasteiger charge is 2.67. The number of allylic oxidation sites excluding steroid dienone is 4. The van der Waals surface area contributed by atoms with E-state index in [9.17, 15) is 0 Å². The lowest BCUT2D eigenvalue weighted by atomic mass is 9.57. The quantitative estimate of drug-likeness (QED) is 0.167. The first-order chi connectivity index (χ1) is 32.2. The molecule has 4 saturated carbocycles. The minimum atomic E-state index is -0.389. The number of hydrogen-bond acceptors (Lipinski definition) is 1. The van der Waals surface area contributed by atoms with E-state index in [4.69, 9.17) is 0 Å². The molecule has 8 aromatic rings. The summed E-state index contributed by atoms with van der Waals surface area (Å²) in [6.07, 6.45) is 12.9. The molecule has 4 bridgehead atoms. The Morgan fingerprint density at radius 1 is 0.462 bits per heavy atom. The van der Waals surface area contributed by atoms with Crippen LogP contribution in [-0.4, -0.2) is 0 Å². The van der Waals surface area contributed by atoms with E-state index in [2.05, 4.69) is 205 Å². The molecule has 0 N–H and O–H groups in total. The van der Waals surface area contributed by atoms with Crippen LogP contribution in [0.15, 0.2) is 206 Å². The van der Waals surface area contributed by atoms with E-state index in [1.54, 1.807) is 11.1 Å². The van der Waals surface area contributed by atoms with Crippen molar-refractivity contribution in [2.24, 2.45) is 23.7 Å². The summed E-state index contributed by atoms with van der Waals surface area (Å²) in [5.74, 6) is 3.14. The van der Waals surface area contributed by atoms with E-state index < -0.39 is 0 Å². The van der Waals surface area contributed by atoms with Crippen LogP contribution in [0.4, 0.5) is 17.1 Å². The third-order valence-corrected chi connectivity index (χ3v) is 17.6. The van der Waals surface area contributed by atoms with Gasteiger partial charge in [0.15, 0.2) is 0 Å². The lowest BCUT2D eigenvalue weighted by Gasteiger charge is -2.47. The van der Waals surface area contributed by atoms with Crippen molar-refractivity contribution >= 4 is 22.6 Å². The maximum atomic E-state index is 2.74. The topological polar surface area (TPSA) is 3.24 Å². The summed E-state index contributed by atoms with van der Waals surface area (Å²) >= 11 is 0. The summed E-state index contributed by atoms with van der Waals surface area (Å²) in [5.41, 5.74) is 25.8. The predicted octanol–water partition coefficient (Wildman–Crippen LogP) is 16.3. The van der Waals surface area contributed by atoms with Crippen molar-refractivity contribution in [1.82, 2.24) is 0 Å². The monoisotopic (exact) mass is 831 g/mol. The van der Waals surface area contributed by atoms with Gasteiger partial charge in [-0.3, -0.25) is 0 Å². The molecule has 8 aliphatic carbocycles. The van der Waals surface area contributed by atoms with Crippen molar-refractivity contribution < 1.29 is 0 Å². The van der Waals surface area contributed by atoms with E-state index in [0.29, 0.717) is 11.8 Å². The zero-order valence-corrected chi connectivity index (χ0v) is 36.6. The highest BCUT2D eigenvalue weighted by molar-refractivity contribution is 6.02. The molecule has 5 unspecified atom stereocenters. The van der Waals surface area contributed by atoms with Gasteiger partial charge in [-0.2, -0.15) is 0 Å². The summed E-state index contributed by atoms with van der Waals surface area (Å²) in [4.78, 5) is 2.74. The van der Waals surface area contributed by atoms with Crippen LogP contribution in [-0.2, 0) is 10.8 Å². The lowest BCUT2D eigenvalue weighted by Crippen LogP contribution is -2.42. The van der Waals surface area contributed by atoms with Crippen LogP contribution in [0.1, 0.15) is 71.9 Å². The van der Waals surface area contributed by atoms with Gasteiger partial charge in [-0.1, -0.05) is 182 Å². The molecule has 0 saturated heterocycles. The number of hydrogen-bond donors (Lipinski definition) is 0. The molecule has 0 aliphatic heterocycles. The highest BCUT2D eigenvalue weighted by Crippen LogP contribution is 2.75. The van der Waals surface area contributed by atoms with Gasteiger partial charge in [0.1, 0.15) is 0 Å². The number of rotatable bonds is 5. The van der Waals surface area contributed by atoms with E-state index in [1.165, 1.54) is 127 Å². The minimum Gasteiger partial charge on any atom is -0.309 e. The second-order valence-corrected chi connectivity index (χ2v) is 20.2. The van der Waals surface area contributed by atoms with Gasteiger partial charge in [0.2, 0.25) is 0 Å². The Morgan fingerprint density at radius 3 is 1.77 bits per heavy atom. The summed E-state index contributed by atoms with van der Waals surface area (Å²) in [6.45, 7) is 0. The fourth-order valence-corrected chi connectivity index (χ4v) is 15.7. The maximum absolute atomic E-state index is 2.74. The van der Waals surface area contributed by atoms with Crippen LogP contribution in [0.5, 0.6) is 0 Å². The normalized spacial score (nSPS) is 23.7. The summed E-state index contributed by atoms with van der Waals surface area (Å²) in [5, 5.41) is 0. The first kappa shape index (κ1) is 36.4. The second kappa shape index (κ2) is 13.3. The molecule has 1 nitrogen and oxygen atoms in total. The molecule has 8 aliphatic rings. The first-order valence-corrected chi connectivity index (χ1v) is 24.3. The molecule has 0 radical (unpaired) electrons. The minimum absolute atomic E-state index is 0.0799. The molecule has 310 valence electrons. The Morgan fingerprint density at radius 2 is 1.06 bits per heavy atom. The van der Waals surface area contributed by atoms with Crippen LogP contribution in [0.2, 0.25) is 0 Å². The molecule has 2 spiro atoms. The average molecular weight is 832 g/mol. The largest absolute Gasteiger partial charge is 0.309 e. The molecule has 4 fully saturated rings. The zero-order chi connectivity index (χ0) is 42.4. The van der Waals surface area contributed by atoms with Crippen molar-refractivity contribution in [3.63, 3.8) is 0 Å². The van der Waals surface area contributed by atoms with Gasteiger partial charge >= 0.3 is 0 Å². The molecule has 8 aromatic carbocycles. The van der Waals surface area contributed by atoms with E-state index >= 15 is 0 Å². The van der Waals surface area contributed by atoms with E-state index in [-0.39, 0.29) is 10.8 Å². The molecule has 65 heavy (non-hydrogen) atoms. The number of fused-ring (bicyclic) bond motifs is 12. The standard InChI is InChI=1S/C64H49N/c1-3-17-41(18-4-1)46-25-15-31-59(61(46)42-19-5-2-6-20-42)65(60-32-16-26-51-49-23-9-11-27-53(49)63(62(51)60)44-36-40-35-43(38-44)58(63)37-40)45-33-34-57-52(39-45)50-24-10-14-30-56(50)64(57)54-28-12-7-21-47(54)48-22-8-13-29-55(48)64/h1-10,12-26,28-34,39-40,43-44,58H,11,27,35-38H2. The Bertz CT molecular complexity index is 3320. The van der Waals surface area contributed by atoms with Gasteiger partial charge in [-0.15, -0.1) is 0 Å². The van der Waals surface area contributed by atoms with Crippen LogP contribution >= 0.6 is 0 Å². The smallest absolute Gasteiger partial charge is 0.0725 e. The summed E-state index contributed by atoms with van der Waals surface area (Å²) < 4.78 is 0. The third-order valence-electron chi connectivity index (χ3n) is 17.6. The molecule has 16 rings (SSSR count). The highest BCUT2D eigenvalue weighted by atomic mass is 15.2. The Balaban J connectivity index is 1.04. The van der Waals surface area contributed by atoms with Crippen LogP contribution in [0.25, 0.3) is 50.1 Å². The zero-order valence-electron chi connectivity index (χ0n) is 36.6. The summed E-state index contributed by atoms with van der Waals surface area (Å²) in [7, 11) is 0. The van der Waals surface area contributed by atoms with Crippen molar-refractivity contribution in [3.05, 3.63) is 239 Å². The van der Waals surface area contributed by atoms with Gasteiger partial charge < -0.3 is 4.90 Å². The molecule has 1 heteroatoms. The fraction of sp³-hybridized carbons (Fsp3) is 0.188. The fourth-order valence-electron chi connectivity index (χ4n) is 15.7. The second-order valence-electron chi connectivity index (χ2n) is 20.2. The summed E-state index contributed by atoms with van der Waals surface area (Å²) in [6, 6.07) is 72.0. The predicted molar refractivity (Wildman–Crippen MR) is 268 cm³/mol. The van der Waals surface area contributed by atoms with Gasteiger partial charge in [0, 0.05) is 16.7 Å². The van der Waals surface area contributed by atoms with Gasteiger partial charge in [-0.05, 0) is 164 Å². The number of anilines is 3. The molecule has 0 aromatic heterocycles. The van der Waals surface area contributed by atoms with Crippen LogP contribution < -0.4 is 4.90 Å². The van der Waals surface area contributed by atoms with Gasteiger partial charge in [0.05, 0.1) is 16.8 Å². The maximum Gasteiger partial charge on any atom is 0.0725 e. The lowest BCUT2D eigenvalue weighted by molar-refractivity contribution is 0.183. The Labute approximate surface area is 382 Å². The van der Waals surface area contributed by atoms with E-state index in [0.717, 1.165) is 18.3 Å². The molecular weight excluding hydrogens is 783 g/mol. The van der Waals surface area contributed by atoms with Crippen LogP contribution in [0.3, 0.4) is 0 Å². The first-order valence-electron chi connectivity index (χ1n) is 24.3. The van der Waals surface area contributed by atoms with Gasteiger partial charge in [-0.25, -0.2) is 0 Å². The van der Waals surface area contributed by atoms with Crippen molar-refractivity contribution in [3.8, 4) is 44.5 Å². The van der Waals surface area contributed by atoms with Crippen molar-refractivity contribution in [2.75, 3.05) is 4.90 Å². The molecule has 0 heterocycles. The molecule has 0 amide bonds. The van der Waals surface area contributed by atoms with Crippen molar-refractivity contribution in [2.45, 2.75) is 49.4 Å². The SMILES string of the molecule is C1=CC2=C(CC1)C1(c3c2cccc3N(c2ccc3c(c2)-c2ccccc2C32c3ccccc3-c3ccccc32)c2cccc(-c3ccccc3)c2-c2ccccc2)C2CC3CC(C2)C1C3.